The molecular weight excluding hydrogens is 316 g/mol. The van der Waals surface area contributed by atoms with E-state index in [0.717, 1.165) is 31.9 Å². The summed E-state index contributed by atoms with van der Waals surface area (Å²) in [6.45, 7) is 7.98. The van der Waals surface area contributed by atoms with Crippen molar-refractivity contribution < 1.29 is 9.59 Å². The Morgan fingerprint density at radius 1 is 0.880 bits per heavy atom. The highest BCUT2D eigenvalue weighted by molar-refractivity contribution is 5.92. The van der Waals surface area contributed by atoms with Gasteiger partial charge in [-0.05, 0) is 45.0 Å². The van der Waals surface area contributed by atoms with Crippen LogP contribution in [-0.4, -0.2) is 78.9 Å². The number of nitrogens with one attached hydrogen (secondary N) is 1. The van der Waals surface area contributed by atoms with Gasteiger partial charge >= 0.3 is 0 Å². The molecule has 2 saturated heterocycles. The van der Waals surface area contributed by atoms with Gasteiger partial charge in [-0.15, -0.1) is 0 Å². The topological polar surface area (TPSA) is 55.9 Å². The summed E-state index contributed by atoms with van der Waals surface area (Å²) in [6.07, 6.45) is 2.41. The molecule has 0 bridgehead atoms. The number of carbonyl (C=O) groups excluding carboxylic acids is 2. The maximum atomic E-state index is 12.3. The monoisotopic (exact) mass is 344 g/mol. The summed E-state index contributed by atoms with van der Waals surface area (Å²) < 4.78 is 0. The van der Waals surface area contributed by atoms with Crippen LogP contribution in [0.5, 0.6) is 0 Å². The van der Waals surface area contributed by atoms with Crippen molar-refractivity contribution in [2.24, 2.45) is 0 Å². The zero-order chi connectivity index (χ0) is 17.6. The van der Waals surface area contributed by atoms with Crippen LogP contribution >= 0.6 is 0 Å². The highest BCUT2D eigenvalue weighted by Gasteiger charge is 2.24. The highest BCUT2D eigenvalue weighted by Crippen LogP contribution is 2.10. The summed E-state index contributed by atoms with van der Waals surface area (Å²) in [6, 6.07) is 7.81. The maximum absolute atomic E-state index is 12.3. The fraction of sp³-hybridized carbons (Fsp3) is 0.579. The van der Waals surface area contributed by atoms with Gasteiger partial charge in [0.1, 0.15) is 0 Å². The minimum Gasteiger partial charge on any atom is -0.339 e. The average Bonchev–Trinajstić information content (AvgIpc) is 3.10. The number of hydrogen-bond donors (Lipinski definition) is 1. The van der Waals surface area contributed by atoms with Crippen molar-refractivity contribution in [3.05, 3.63) is 29.8 Å². The largest absolute Gasteiger partial charge is 0.339 e. The SMILES string of the molecule is Cc1ccc(NC(=O)CN2CCN(C(=O)CN3CCCC3)CC2)cc1. The third-order valence-electron chi connectivity index (χ3n) is 4.99. The van der Waals surface area contributed by atoms with E-state index in [1.54, 1.807) is 0 Å². The number of hydrogen-bond acceptors (Lipinski definition) is 4. The molecule has 2 aliphatic rings. The molecule has 0 aliphatic carbocycles. The Kier molecular flexibility index (Phi) is 6.04. The quantitative estimate of drug-likeness (QED) is 0.871. The lowest BCUT2D eigenvalue weighted by molar-refractivity contribution is -0.134. The predicted octanol–water partition coefficient (Wildman–Crippen LogP) is 1.17. The molecule has 0 atom stereocenters. The number of benzene rings is 1. The van der Waals surface area contributed by atoms with Gasteiger partial charge in [-0.1, -0.05) is 17.7 Å². The Morgan fingerprint density at radius 3 is 2.12 bits per heavy atom. The van der Waals surface area contributed by atoms with E-state index >= 15 is 0 Å². The van der Waals surface area contributed by atoms with E-state index in [9.17, 15) is 9.59 Å². The standard InChI is InChI=1S/C19H28N4O2/c1-16-4-6-17(7-5-16)20-18(24)14-22-10-12-23(13-11-22)19(25)15-21-8-2-3-9-21/h4-7H,2-3,8-15H2,1H3,(H,20,24). The molecule has 0 radical (unpaired) electrons. The third kappa shape index (κ3) is 5.28. The second-order valence-electron chi connectivity index (χ2n) is 7.05. The smallest absolute Gasteiger partial charge is 0.238 e. The molecule has 2 amide bonds. The molecule has 136 valence electrons. The zero-order valence-electron chi connectivity index (χ0n) is 15.0. The number of carbonyl (C=O) groups is 2. The Bertz CT molecular complexity index is 588. The molecule has 1 aromatic rings. The van der Waals surface area contributed by atoms with E-state index in [2.05, 4.69) is 15.1 Å². The van der Waals surface area contributed by atoms with E-state index in [-0.39, 0.29) is 11.8 Å². The molecular formula is C19H28N4O2. The van der Waals surface area contributed by atoms with Crippen LogP contribution in [0.25, 0.3) is 0 Å². The van der Waals surface area contributed by atoms with Crippen LogP contribution in [0.1, 0.15) is 18.4 Å². The van der Waals surface area contributed by atoms with Crippen LogP contribution in [0, 0.1) is 6.92 Å². The van der Waals surface area contributed by atoms with Crippen LogP contribution in [-0.2, 0) is 9.59 Å². The van der Waals surface area contributed by atoms with Gasteiger partial charge in [0, 0.05) is 31.9 Å². The zero-order valence-corrected chi connectivity index (χ0v) is 15.0. The molecule has 6 heteroatoms. The van der Waals surface area contributed by atoms with E-state index < -0.39 is 0 Å². The highest BCUT2D eigenvalue weighted by atomic mass is 16.2. The Labute approximate surface area is 149 Å². The van der Waals surface area contributed by atoms with Crippen molar-refractivity contribution in [1.82, 2.24) is 14.7 Å². The first-order valence-electron chi connectivity index (χ1n) is 9.19. The Balaban J connectivity index is 1.38. The number of piperazine rings is 1. The first-order valence-corrected chi connectivity index (χ1v) is 9.19. The second-order valence-corrected chi connectivity index (χ2v) is 7.05. The lowest BCUT2D eigenvalue weighted by Crippen LogP contribution is -2.52. The molecule has 1 N–H and O–H groups in total. The first kappa shape index (κ1) is 17.9. The molecule has 0 unspecified atom stereocenters. The fourth-order valence-electron chi connectivity index (χ4n) is 3.43. The maximum Gasteiger partial charge on any atom is 0.238 e. The van der Waals surface area contributed by atoms with Crippen molar-refractivity contribution in [2.75, 3.05) is 57.7 Å². The van der Waals surface area contributed by atoms with Crippen molar-refractivity contribution in [1.29, 1.82) is 0 Å². The normalized spacial score (nSPS) is 19.2. The first-order chi connectivity index (χ1) is 12.1. The van der Waals surface area contributed by atoms with Gasteiger partial charge < -0.3 is 10.2 Å². The minimum absolute atomic E-state index is 0.000645. The minimum atomic E-state index is 0.000645. The lowest BCUT2D eigenvalue weighted by Gasteiger charge is -2.35. The fourth-order valence-corrected chi connectivity index (χ4v) is 3.43. The van der Waals surface area contributed by atoms with Gasteiger partial charge in [0.2, 0.25) is 11.8 Å². The van der Waals surface area contributed by atoms with Crippen molar-refractivity contribution in [3.8, 4) is 0 Å². The molecule has 2 aliphatic heterocycles. The molecule has 0 aromatic heterocycles. The van der Waals surface area contributed by atoms with Crippen LogP contribution in [0.15, 0.2) is 24.3 Å². The third-order valence-corrected chi connectivity index (χ3v) is 4.99. The van der Waals surface area contributed by atoms with Crippen LogP contribution in [0.4, 0.5) is 5.69 Å². The summed E-state index contributed by atoms with van der Waals surface area (Å²) in [5.74, 6) is 0.228. The average molecular weight is 344 g/mol. The van der Waals surface area contributed by atoms with Crippen LogP contribution < -0.4 is 5.32 Å². The van der Waals surface area contributed by atoms with Gasteiger partial charge in [-0.25, -0.2) is 0 Å². The molecule has 3 rings (SSSR count). The van der Waals surface area contributed by atoms with E-state index in [1.807, 2.05) is 36.1 Å². The van der Waals surface area contributed by atoms with Gasteiger partial charge in [-0.2, -0.15) is 0 Å². The van der Waals surface area contributed by atoms with E-state index in [0.29, 0.717) is 26.2 Å². The molecule has 0 spiro atoms. The van der Waals surface area contributed by atoms with Crippen molar-refractivity contribution in [3.63, 3.8) is 0 Å². The number of likely N-dealkylation sites (tertiary alicyclic amines) is 1. The number of amides is 2. The van der Waals surface area contributed by atoms with Crippen molar-refractivity contribution in [2.45, 2.75) is 19.8 Å². The van der Waals surface area contributed by atoms with Crippen LogP contribution in [0.2, 0.25) is 0 Å². The summed E-state index contributed by atoms with van der Waals surface area (Å²) in [5.41, 5.74) is 2.00. The summed E-state index contributed by atoms with van der Waals surface area (Å²) in [5, 5.41) is 2.93. The Hall–Kier alpha value is -1.92. The molecule has 1 aromatic carbocycles. The lowest BCUT2D eigenvalue weighted by atomic mass is 10.2. The Morgan fingerprint density at radius 2 is 1.48 bits per heavy atom. The van der Waals surface area contributed by atoms with Gasteiger partial charge in [0.05, 0.1) is 13.1 Å². The van der Waals surface area contributed by atoms with Gasteiger partial charge in [0.25, 0.3) is 0 Å². The van der Waals surface area contributed by atoms with E-state index in [4.69, 9.17) is 0 Å². The summed E-state index contributed by atoms with van der Waals surface area (Å²) >= 11 is 0. The van der Waals surface area contributed by atoms with Crippen LogP contribution in [0.3, 0.4) is 0 Å². The van der Waals surface area contributed by atoms with Gasteiger partial charge in [0.15, 0.2) is 0 Å². The summed E-state index contributed by atoms with van der Waals surface area (Å²) in [4.78, 5) is 30.8. The molecule has 2 fully saturated rings. The summed E-state index contributed by atoms with van der Waals surface area (Å²) in [7, 11) is 0. The molecule has 25 heavy (non-hydrogen) atoms. The molecule has 6 nitrogen and oxygen atoms in total. The number of aryl methyl sites for hydroxylation is 1. The number of nitrogens with zero attached hydrogens (tertiary/aromatic N) is 3. The molecule has 2 heterocycles. The van der Waals surface area contributed by atoms with Gasteiger partial charge in [-0.3, -0.25) is 19.4 Å². The van der Waals surface area contributed by atoms with Crippen molar-refractivity contribution >= 4 is 17.5 Å². The second kappa shape index (κ2) is 8.45. The number of anilines is 1. The van der Waals surface area contributed by atoms with E-state index in [1.165, 1.54) is 18.4 Å². The number of rotatable bonds is 5. The molecule has 0 saturated carbocycles. The predicted molar refractivity (Wildman–Crippen MR) is 98.5 cm³/mol.